The first kappa shape index (κ1) is 19.2. The first-order chi connectivity index (χ1) is 15.2. The van der Waals surface area contributed by atoms with E-state index in [0.717, 1.165) is 35.7 Å². The summed E-state index contributed by atoms with van der Waals surface area (Å²) in [7, 11) is 0. The highest BCUT2D eigenvalue weighted by Gasteiger charge is 2.45. The van der Waals surface area contributed by atoms with Gasteiger partial charge in [-0.05, 0) is 30.5 Å². The Morgan fingerprint density at radius 2 is 2.00 bits per heavy atom. The third-order valence-corrected chi connectivity index (χ3v) is 5.70. The van der Waals surface area contributed by atoms with Gasteiger partial charge in [0.15, 0.2) is 5.82 Å². The van der Waals surface area contributed by atoms with Crippen LogP contribution in [0.2, 0.25) is 0 Å². The highest BCUT2D eigenvalue weighted by Crippen LogP contribution is 2.35. The van der Waals surface area contributed by atoms with Gasteiger partial charge in [0.1, 0.15) is 17.1 Å². The van der Waals surface area contributed by atoms with E-state index in [-0.39, 0.29) is 5.91 Å². The number of amides is 1. The van der Waals surface area contributed by atoms with Gasteiger partial charge in [0.05, 0.1) is 25.0 Å². The molecule has 0 aliphatic carbocycles. The van der Waals surface area contributed by atoms with Crippen molar-refractivity contribution in [2.24, 2.45) is 4.99 Å². The largest absolute Gasteiger partial charge is 0.368 e. The molecule has 1 unspecified atom stereocenters. The van der Waals surface area contributed by atoms with Crippen LogP contribution in [0.5, 0.6) is 0 Å². The number of amidine groups is 1. The van der Waals surface area contributed by atoms with Gasteiger partial charge in [-0.1, -0.05) is 30.3 Å². The second kappa shape index (κ2) is 8.14. The van der Waals surface area contributed by atoms with Crippen molar-refractivity contribution in [3.05, 3.63) is 78.5 Å². The van der Waals surface area contributed by atoms with Crippen LogP contribution in [0, 0.1) is 0 Å². The van der Waals surface area contributed by atoms with Crippen molar-refractivity contribution in [1.82, 2.24) is 19.9 Å². The number of pyridine rings is 1. The lowest BCUT2D eigenvalue weighted by Gasteiger charge is -2.46. The molecule has 2 aliphatic heterocycles. The molecule has 0 bridgehead atoms. The maximum absolute atomic E-state index is 13.1. The number of carbonyl (C=O) groups is 1. The third-order valence-electron chi connectivity index (χ3n) is 5.70. The SMILES string of the molecule is O=C(c1cnccn1)N1CCCC2(C1)Nc1cccnc1NC2=NCc1ccccc1. The number of hydrogen-bond acceptors (Lipinski definition) is 6. The fourth-order valence-corrected chi connectivity index (χ4v) is 4.19. The van der Waals surface area contributed by atoms with Crippen LogP contribution < -0.4 is 10.6 Å². The fraction of sp³-hybridized carbons (Fsp3) is 0.261. The fourth-order valence-electron chi connectivity index (χ4n) is 4.19. The zero-order valence-corrected chi connectivity index (χ0v) is 17.0. The molecule has 1 amide bonds. The molecule has 8 heteroatoms. The molecule has 1 fully saturated rings. The van der Waals surface area contributed by atoms with Crippen LogP contribution in [0.4, 0.5) is 11.5 Å². The van der Waals surface area contributed by atoms with Crippen LogP contribution in [0.25, 0.3) is 0 Å². The number of carbonyl (C=O) groups excluding carboxylic acids is 1. The van der Waals surface area contributed by atoms with Crippen molar-refractivity contribution in [2.45, 2.75) is 24.9 Å². The molecular weight excluding hydrogens is 390 g/mol. The summed E-state index contributed by atoms with van der Waals surface area (Å²) in [5.74, 6) is 1.44. The molecule has 2 aliphatic rings. The molecule has 1 atom stereocenters. The van der Waals surface area contributed by atoms with E-state index in [4.69, 9.17) is 4.99 Å². The van der Waals surface area contributed by atoms with E-state index in [1.807, 2.05) is 35.2 Å². The molecule has 1 saturated heterocycles. The van der Waals surface area contributed by atoms with E-state index < -0.39 is 5.54 Å². The standard InChI is InChI=1S/C23H23N7O/c31-21(19-15-24-11-12-25-19)30-13-5-9-23(16-30)22(27-14-17-6-2-1-3-7-17)28-20-18(29-23)8-4-10-26-20/h1-4,6-8,10-12,15,29H,5,9,13-14,16H2,(H,26,27,28). The van der Waals surface area contributed by atoms with Gasteiger partial charge in [0.2, 0.25) is 0 Å². The van der Waals surface area contributed by atoms with Crippen LogP contribution in [-0.4, -0.2) is 50.2 Å². The molecule has 2 N–H and O–H groups in total. The number of rotatable bonds is 3. The van der Waals surface area contributed by atoms with E-state index in [2.05, 4.69) is 37.7 Å². The summed E-state index contributed by atoms with van der Waals surface area (Å²) in [5.41, 5.74) is 1.88. The highest BCUT2D eigenvalue weighted by atomic mass is 16.2. The summed E-state index contributed by atoms with van der Waals surface area (Å²) in [6.07, 6.45) is 8.08. The number of fused-ring (bicyclic) bond motifs is 1. The first-order valence-corrected chi connectivity index (χ1v) is 10.4. The van der Waals surface area contributed by atoms with Crippen molar-refractivity contribution in [3.63, 3.8) is 0 Å². The second-order valence-electron chi connectivity index (χ2n) is 7.80. The Morgan fingerprint density at radius 3 is 2.84 bits per heavy atom. The summed E-state index contributed by atoms with van der Waals surface area (Å²) in [5, 5.41) is 7.09. The van der Waals surface area contributed by atoms with Gasteiger partial charge in [-0.2, -0.15) is 0 Å². The monoisotopic (exact) mass is 413 g/mol. The maximum atomic E-state index is 13.1. The maximum Gasteiger partial charge on any atom is 0.274 e. The van der Waals surface area contributed by atoms with Gasteiger partial charge in [-0.15, -0.1) is 0 Å². The van der Waals surface area contributed by atoms with Crippen molar-refractivity contribution in [3.8, 4) is 0 Å². The molecule has 1 spiro atoms. The number of aliphatic imine (C=N–C) groups is 1. The normalized spacial score (nSPS) is 21.3. The molecule has 1 aromatic carbocycles. The van der Waals surface area contributed by atoms with Crippen molar-refractivity contribution in [2.75, 3.05) is 23.7 Å². The molecule has 5 rings (SSSR count). The molecule has 3 aromatic rings. The summed E-state index contributed by atoms with van der Waals surface area (Å²) in [6, 6.07) is 14.0. The molecule has 0 saturated carbocycles. The Hall–Kier alpha value is -3.81. The second-order valence-corrected chi connectivity index (χ2v) is 7.80. The number of aromatic nitrogens is 3. The van der Waals surface area contributed by atoms with E-state index >= 15 is 0 Å². The molecule has 31 heavy (non-hydrogen) atoms. The van der Waals surface area contributed by atoms with Crippen molar-refractivity contribution >= 4 is 23.2 Å². The van der Waals surface area contributed by atoms with E-state index in [1.165, 1.54) is 6.20 Å². The Kier molecular flexibility index (Phi) is 5.03. The number of benzene rings is 1. The Bertz CT molecular complexity index is 1100. The smallest absolute Gasteiger partial charge is 0.274 e. The number of likely N-dealkylation sites (tertiary alicyclic amines) is 1. The minimum absolute atomic E-state index is 0.117. The minimum Gasteiger partial charge on any atom is -0.368 e. The van der Waals surface area contributed by atoms with E-state index in [0.29, 0.717) is 25.3 Å². The van der Waals surface area contributed by atoms with Crippen LogP contribution in [0.3, 0.4) is 0 Å². The third kappa shape index (κ3) is 3.84. The van der Waals surface area contributed by atoms with E-state index in [1.54, 1.807) is 18.6 Å². The molecule has 8 nitrogen and oxygen atoms in total. The number of nitrogens with one attached hydrogen (secondary N) is 2. The Labute approximate surface area is 180 Å². The number of piperidine rings is 1. The lowest BCUT2D eigenvalue weighted by atomic mass is 9.85. The van der Waals surface area contributed by atoms with Crippen LogP contribution in [0.15, 0.2) is 72.2 Å². The Morgan fingerprint density at radius 1 is 1.10 bits per heavy atom. The van der Waals surface area contributed by atoms with Gasteiger partial charge in [-0.25, -0.2) is 9.97 Å². The van der Waals surface area contributed by atoms with Gasteiger partial charge in [-0.3, -0.25) is 14.8 Å². The van der Waals surface area contributed by atoms with Crippen LogP contribution >= 0.6 is 0 Å². The summed E-state index contributed by atoms with van der Waals surface area (Å²) in [6.45, 7) is 1.70. The lowest BCUT2D eigenvalue weighted by molar-refractivity contribution is 0.0688. The quantitative estimate of drug-likeness (QED) is 0.685. The van der Waals surface area contributed by atoms with Gasteiger partial charge in [0.25, 0.3) is 5.91 Å². The first-order valence-electron chi connectivity index (χ1n) is 10.4. The number of nitrogens with zero attached hydrogens (tertiary/aromatic N) is 5. The molecule has 4 heterocycles. The highest BCUT2D eigenvalue weighted by molar-refractivity contribution is 6.09. The predicted octanol–water partition coefficient (Wildman–Crippen LogP) is 2.98. The summed E-state index contributed by atoms with van der Waals surface area (Å²) >= 11 is 0. The zero-order valence-electron chi connectivity index (χ0n) is 17.0. The van der Waals surface area contributed by atoms with Crippen molar-refractivity contribution < 1.29 is 4.79 Å². The molecule has 156 valence electrons. The number of anilines is 2. The van der Waals surface area contributed by atoms with Crippen LogP contribution in [0.1, 0.15) is 28.9 Å². The van der Waals surface area contributed by atoms with Crippen molar-refractivity contribution in [1.29, 1.82) is 0 Å². The Balaban J connectivity index is 1.48. The van der Waals surface area contributed by atoms with Crippen LogP contribution in [-0.2, 0) is 6.54 Å². The summed E-state index contributed by atoms with van der Waals surface area (Å²) < 4.78 is 0. The van der Waals surface area contributed by atoms with Gasteiger partial charge >= 0.3 is 0 Å². The summed E-state index contributed by atoms with van der Waals surface area (Å²) in [4.78, 5) is 32.5. The number of hydrogen-bond donors (Lipinski definition) is 2. The molecule has 2 aromatic heterocycles. The molecular formula is C23H23N7O. The van der Waals surface area contributed by atoms with Gasteiger partial charge < -0.3 is 15.5 Å². The van der Waals surface area contributed by atoms with E-state index in [9.17, 15) is 4.79 Å². The predicted molar refractivity (Wildman–Crippen MR) is 119 cm³/mol. The van der Waals surface area contributed by atoms with Gasteiger partial charge in [0, 0.05) is 25.1 Å². The zero-order chi connectivity index (χ0) is 21.1. The average Bonchev–Trinajstić information content (AvgIpc) is 2.83. The average molecular weight is 413 g/mol. The molecule has 0 radical (unpaired) electrons. The lowest BCUT2D eigenvalue weighted by Crippen LogP contribution is -2.62. The minimum atomic E-state index is -0.513. The topological polar surface area (TPSA) is 95.4 Å².